The summed E-state index contributed by atoms with van der Waals surface area (Å²) in [4.78, 5) is 14.9. The first kappa shape index (κ1) is 14.6. The molecule has 1 fully saturated rings. The van der Waals surface area contributed by atoms with Crippen LogP contribution in [0.3, 0.4) is 0 Å². The Kier molecular flexibility index (Phi) is 5.89. The Balaban J connectivity index is 1.66. The summed E-state index contributed by atoms with van der Waals surface area (Å²) >= 11 is 1.86. The quantitative estimate of drug-likeness (QED) is 0.455. The van der Waals surface area contributed by atoms with Gasteiger partial charge >= 0.3 is 0 Å². The molecule has 0 amide bonds. The average molecular weight is 279 g/mol. The van der Waals surface area contributed by atoms with Crippen molar-refractivity contribution >= 4 is 17.5 Å². The Labute approximate surface area is 119 Å². The number of benzene rings is 1. The highest BCUT2D eigenvalue weighted by Crippen LogP contribution is 2.19. The number of morpholine rings is 1. The highest BCUT2D eigenvalue weighted by atomic mass is 32.2. The monoisotopic (exact) mass is 279 g/mol. The van der Waals surface area contributed by atoms with E-state index < -0.39 is 0 Å². The van der Waals surface area contributed by atoms with Crippen LogP contribution < -0.4 is 0 Å². The number of Topliss-reactive ketones (excluding diaryl/α,β-unsaturated/α-hetero) is 1. The zero-order chi connectivity index (χ0) is 13.5. The number of ether oxygens (including phenoxy) is 1. The smallest absolute Gasteiger partial charge is 0.159 e. The summed E-state index contributed by atoms with van der Waals surface area (Å²) in [7, 11) is 0. The highest BCUT2D eigenvalue weighted by Gasteiger charge is 2.09. The van der Waals surface area contributed by atoms with E-state index in [1.165, 1.54) is 11.3 Å². The van der Waals surface area contributed by atoms with E-state index in [4.69, 9.17) is 4.74 Å². The maximum absolute atomic E-state index is 11.2. The lowest BCUT2D eigenvalue weighted by Gasteiger charge is -2.26. The second-order valence-electron chi connectivity index (χ2n) is 4.74. The molecule has 0 N–H and O–H groups in total. The first-order valence-electron chi connectivity index (χ1n) is 6.79. The van der Waals surface area contributed by atoms with E-state index >= 15 is 0 Å². The third-order valence-electron chi connectivity index (χ3n) is 3.25. The van der Waals surface area contributed by atoms with Gasteiger partial charge in [0.1, 0.15) is 0 Å². The Morgan fingerprint density at radius 1 is 1.26 bits per heavy atom. The minimum absolute atomic E-state index is 0.129. The molecule has 1 aromatic rings. The van der Waals surface area contributed by atoms with Gasteiger partial charge in [0.15, 0.2) is 5.78 Å². The van der Waals surface area contributed by atoms with E-state index in [0.717, 1.165) is 44.2 Å². The number of ketones is 1. The van der Waals surface area contributed by atoms with Gasteiger partial charge in [-0.3, -0.25) is 9.69 Å². The number of carbonyl (C=O) groups excluding carboxylic acids is 1. The van der Waals surface area contributed by atoms with Gasteiger partial charge in [0, 0.05) is 23.5 Å². The van der Waals surface area contributed by atoms with Crippen LogP contribution >= 0.6 is 11.8 Å². The van der Waals surface area contributed by atoms with E-state index in [-0.39, 0.29) is 5.78 Å². The van der Waals surface area contributed by atoms with Crippen LogP contribution in [0.2, 0.25) is 0 Å². The molecule has 1 heterocycles. The van der Waals surface area contributed by atoms with Crippen LogP contribution in [0.1, 0.15) is 23.7 Å². The van der Waals surface area contributed by atoms with Crippen molar-refractivity contribution in [2.75, 3.05) is 38.6 Å². The first-order valence-corrected chi connectivity index (χ1v) is 7.78. The molecular formula is C15H21NO2S. The summed E-state index contributed by atoms with van der Waals surface area (Å²) in [6.45, 7) is 6.64. The fourth-order valence-electron chi connectivity index (χ4n) is 2.09. The van der Waals surface area contributed by atoms with E-state index in [0.29, 0.717) is 0 Å². The maximum Gasteiger partial charge on any atom is 0.159 e. The molecule has 0 radical (unpaired) electrons. The average Bonchev–Trinajstić information content (AvgIpc) is 2.45. The predicted molar refractivity (Wildman–Crippen MR) is 79.0 cm³/mol. The Morgan fingerprint density at radius 3 is 2.58 bits per heavy atom. The van der Waals surface area contributed by atoms with Gasteiger partial charge in [0.2, 0.25) is 0 Å². The van der Waals surface area contributed by atoms with E-state index in [1.54, 1.807) is 6.92 Å². The topological polar surface area (TPSA) is 29.5 Å². The van der Waals surface area contributed by atoms with Gasteiger partial charge < -0.3 is 4.74 Å². The van der Waals surface area contributed by atoms with Gasteiger partial charge in [-0.25, -0.2) is 0 Å². The lowest BCUT2D eigenvalue weighted by atomic mass is 10.2. The molecule has 4 heteroatoms. The molecule has 0 atom stereocenters. The fraction of sp³-hybridized carbons (Fsp3) is 0.533. The molecule has 0 saturated carbocycles. The van der Waals surface area contributed by atoms with Crippen molar-refractivity contribution < 1.29 is 9.53 Å². The summed E-state index contributed by atoms with van der Waals surface area (Å²) < 4.78 is 5.33. The molecule has 2 rings (SSSR count). The van der Waals surface area contributed by atoms with Gasteiger partial charge in [-0.1, -0.05) is 12.1 Å². The standard InChI is InChI=1S/C15H21NO2S/c1-13(17)14-3-5-15(6-4-14)19-12-2-7-16-8-10-18-11-9-16/h3-6H,2,7-12H2,1H3. The minimum Gasteiger partial charge on any atom is -0.379 e. The second-order valence-corrected chi connectivity index (χ2v) is 5.90. The molecule has 0 unspecified atom stereocenters. The maximum atomic E-state index is 11.2. The minimum atomic E-state index is 0.129. The van der Waals surface area contributed by atoms with Crippen molar-refractivity contribution in [1.29, 1.82) is 0 Å². The molecule has 0 aliphatic carbocycles. The van der Waals surface area contributed by atoms with Crippen LogP contribution in [0.4, 0.5) is 0 Å². The molecule has 0 bridgehead atoms. The second kappa shape index (κ2) is 7.68. The SMILES string of the molecule is CC(=O)c1ccc(SCCCN2CCOCC2)cc1. The molecule has 1 saturated heterocycles. The van der Waals surface area contributed by atoms with Gasteiger partial charge in [-0.15, -0.1) is 11.8 Å². The van der Waals surface area contributed by atoms with Crippen LogP contribution in [-0.2, 0) is 4.74 Å². The van der Waals surface area contributed by atoms with Crippen molar-refractivity contribution in [2.45, 2.75) is 18.2 Å². The number of hydrogen-bond donors (Lipinski definition) is 0. The van der Waals surface area contributed by atoms with Crippen molar-refractivity contribution in [3.05, 3.63) is 29.8 Å². The third kappa shape index (κ3) is 4.97. The van der Waals surface area contributed by atoms with Crippen molar-refractivity contribution in [3.8, 4) is 0 Å². The molecule has 1 aliphatic rings. The van der Waals surface area contributed by atoms with Crippen LogP contribution in [0, 0.1) is 0 Å². The summed E-state index contributed by atoms with van der Waals surface area (Å²) in [5, 5.41) is 0. The van der Waals surface area contributed by atoms with Gasteiger partial charge in [-0.05, 0) is 37.8 Å². The predicted octanol–water partition coefficient (Wildman–Crippen LogP) is 2.70. The number of hydrogen-bond acceptors (Lipinski definition) is 4. The van der Waals surface area contributed by atoms with Gasteiger partial charge in [0.05, 0.1) is 13.2 Å². The summed E-state index contributed by atoms with van der Waals surface area (Å²) in [6, 6.07) is 7.89. The van der Waals surface area contributed by atoms with Crippen molar-refractivity contribution in [3.63, 3.8) is 0 Å². The third-order valence-corrected chi connectivity index (χ3v) is 4.35. The molecule has 104 valence electrons. The Hall–Kier alpha value is -0.840. The Morgan fingerprint density at radius 2 is 1.95 bits per heavy atom. The Bertz CT molecular complexity index is 399. The fourth-order valence-corrected chi connectivity index (χ4v) is 2.93. The van der Waals surface area contributed by atoms with Crippen LogP contribution in [0.5, 0.6) is 0 Å². The lowest BCUT2D eigenvalue weighted by molar-refractivity contribution is 0.0381. The van der Waals surface area contributed by atoms with Gasteiger partial charge in [0.25, 0.3) is 0 Å². The number of carbonyl (C=O) groups is 1. The molecule has 0 spiro atoms. The number of nitrogens with zero attached hydrogens (tertiary/aromatic N) is 1. The summed E-state index contributed by atoms with van der Waals surface area (Å²) in [5.74, 6) is 1.25. The van der Waals surface area contributed by atoms with E-state index in [9.17, 15) is 4.79 Å². The van der Waals surface area contributed by atoms with Crippen LogP contribution in [-0.4, -0.2) is 49.3 Å². The van der Waals surface area contributed by atoms with E-state index in [1.807, 2.05) is 36.0 Å². The zero-order valence-electron chi connectivity index (χ0n) is 11.4. The van der Waals surface area contributed by atoms with E-state index in [2.05, 4.69) is 4.90 Å². The molecule has 19 heavy (non-hydrogen) atoms. The summed E-state index contributed by atoms with van der Waals surface area (Å²) in [5.41, 5.74) is 0.790. The van der Waals surface area contributed by atoms with Crippen molar-refractivity contribution in [1.82, 2.24) is 4.90 Å². The lowest BCUT2D eigenvalue weighted by Crippen LogP contribution is -2.36. The molecular weight excluding hydrogens is 258 g/mol. The first-order chi connectivity index (χ1) is 9.25. The largest absolute Gasteiger partial charge is 0.379 e. The molecule has 1 aromatic carbocycles. The number of rotatable bonds is 6. The molecule has 1 aliphatic heterocycles. The van der Waals surface area contributed by atoms with Crippen LogP contribution in [0.15, 0.2) is 29.2 Å². The highest BCUT2D eigenvalue weighted by molar-refractivity contribution is 7.99. The molecule has 0 aromatic heterocycles. The number of thioether (sulfide) groups is 1. The molecule has 3 nitrogen and oxygen atoms in total. The van der Waals surface area contributed by atoms with Gasteiger partial charge in [-0.2, -0.15) is 0 Å². The normalized spacial score (nSPS) is 16.5. The zero-order valence-corrected chi connectivity index (χ0v) is 12.2. The summed E-state index contributed by atoms with van der Waals surface area (Å²) in [6.07, 6.45) is 1.19. The van der Waals surface area contributed by atoms with Crippen molar-refractivity contribution in [2.24, 2.45) is 0 Å². The van der Waals surface area contributed by atoms with Crippen LogP contribution in [0.25, 0.3) is 0 Å².